The number of aromatic amines is 1. The lowest BCUT2D eigenvalue weighted by Crippen LogP contribution is -2.53. The SMILES string of the molecule is O=C1CN(CC(O)CN2CCOCC2)CC2=Nc3[nH]ncc3C(c3cccc(Oc4ccc(Cl)cc4)c3)C12. The van der Waals surface area contributed by atoms with E-state index in [1.807, 2.05) is 41.3 Å². The van der Waals surface area contributed by atoms with Crippen molar-refractivity contribution < 1.29 is 19.4 Å². The zero-order valence-electron chi connectivity index (χ0n) is 20.9. The summed E-state index contributed by atoms with van der Waals surface area (Å²) in [5.74, 6) is 1.51. The summed E-state index contributed by atoms with van der Waals surface area (Å²) in [6, 6.07) is 15.0. The second-order valence-electron chi connectivity index (χ2n) is 10.1. The third-order valence-corrected chi connectivity index (χ3v) is 7.60. The van der Waals surface area contributed by atoms with E-state index >= 15 is 0 Å². The highest BCUT2D eigenvalue weighted by Gasteiger charge is 2.43. The molecule has 0 spiro atoms. The van der Waals surface area contributed by atoms with Crippen LogP contribution in [-0.4, -0.2) is 95.2 Å². The number of aliphatic imine (C=N–C) groups is 1. The van der Waals surface area contributed by atoms with Crippen LogP contribution in [-0.2, 0) is 9.53 Å². The first kappa shape index (κ1) is 25.2. The number of nitrogens with zero attached hydrogens (tertiary/aromatic N) is 4. The molecule has 38 heavy (non-hydrogen) atoms. The minimum atomic E-state index is -0.554. The van der Waals surface area contributed by atoms with Crippen LogP contribution < -0.4 is 4.74 Å². The maximum absolute atomic E-state index is 13.6. The van der Waals surface area contributed by atoms with Gasteiger partial charge in [0.25, 0.3) is 0 Å². The Morgan fingerprint density at radius 3 is 2.66 bits per heavy atom. The van der Waals surface area contributed by atoms with Gasteiger partial charge in [0.15, 0.2) is 11.6 Å². The Kier molecular flexibility index (Phi) is 7.27. The van der Waals surface area contributed by atoms with E-state index in [0.717, 1.165) is 29.9 Å². The molecule has 2 fully saturated rings. The fourth-order valence-electron chi connectivity index (χ4n) is 5.65. The molecule has 0 bridgehead atoms. The molecule has 9 nitrogen and oxygen atoms in total. The zero-order valence-corrected chi connectivity index (χ0v) is 21.7. The van der Waals surface area contributed by atoms with Gasteiger partial charge in [0, 0.05) is 54.9 Å². The second kappa shape index (κ2) is 11.0. The summed E-state index contributed by atoms with van der Waals surface area (Å²) in [6.45, 7) is 4.78. The third kappa shape index (κ3) is 5.39. The van der Waals surface area contributed by atoms with Crippen LogP contribution in [0, 0.1) is 5.92 Å². The second-order valence-corrected chi connectivity index (χ2v) is 10.5. The van der Waals surface area contributed by atoms with Gasteiger partial charge < -0.3 is 14.6 Å². The van der Waals surface area contributed by atoms with Crippen molar-refractivity contribution in [2.75, 3.05) is 52.5 Å². The number of ketones is 1. The molecule has 3 aromatic rings. The number of benzene rings is 2. The molecule has 2 saturated heterocycles. The number of rotatable bonds is 7. The van der Waals surface area contributed by atoms with Crippen LogP contribution in [0.5, 0.6) is 11.5 Å². The number of carbonyl (C=O) groups excluding carboxylic acids is 1. The molecule has 2 aromatic carbocycles. The van der Waals surface area contributed by atoms with E-state index in [9.17, 15) is 9.90 Å². The van der Waals surface area contributed by atoms with Gasteiger partial charge >= 0.3 is 0 Å². The predicted octanol–water partition coefficient (Wildman–Crippen LogP) is 3.27. The molecule has 0 amide bonds. The van der Waals surface area contributed by atoms with E-state index in [4.69, 9.17) is 26.1 Å². The normalized spacial score (nSPS) is 22.9. The number of β-amino-alcohol motifs (C(OH)–C–C–N with tert-alkyl or cyclic N) is 1. The van der Waals surface area contributed by atoms with Crippen LogP contribution >= 0.6 is 11.6 Å². The van der Waals surface area contributed by atoms with Gasteiger partial charge in [-0.15, -0.1) is 0 Å². The summed E-state index contributed by atoms with van der Waals surface area (Å²) in [5.41, 5.74) is 2.66. The molecule has 0 radical (unpaired) electrons. The smallest absolute Gasteiger partial charge is 0.156 e. The molecule has 3 aliphatic rings. The molecular formula is C28H30ClN5O4. The number of ether oxygens (including phenoxy) is 2. The highest BCUT2D eigenvalue weighted by atomic mass is 35.5. The highest BCUT2D eigenvalue weighted by molar-refractivity contribution is 6.30. The first-order valence-electron chi connectivity index (χ1n) is 12.9. The first-order valence-corrected chi connectivity index (χ1v) is 13.3. The van der Waals surface area contributed by atoms with Gasteiger partial charge in [0.1, 0.15) is 11.5 Å². The van der Waals surface area contributed by atoms with Crippen molar-refractivity contribution in [3.05, 3.63) is 70.9 Å². The maximum Gasteiger partial charge on any atom is 0.156 e. The van der Waals surface area contributed by atoms with E-state index in [1.165, 1.54) is 0 Å². The molecular weight excluding hydrogens is 506 g/mol. The Morgan fingerprint density at radius 2 is 1.84 bits per heavy atom. The van der Waals surface area contributed by atoms with Gasteiger partial charge in [-0.25, -0.2) is 4.99 Å². The average molecular weight is 536 g/mol. The molecule has 2 N–H and O–H groups in total. The topological polar surface area (TPSA) is 103 Å². The molecule has 1 aromatic heterocycles. The number of likely N-dealkylation sites (tertiary alicyclic amines) is 1. The first-order chi connectivity index (χ1) is 18.5. The van der Waals surface area contributed by atoms with Gasteiger partial charge in [0.2, 0.25) is 0 Å². The molecule has 0 aliphatic carbocycles. The lowest BCUT2D eigenvalue weighted by atomic mass is 9.73. The van der Waals surface area contributed by atoms with Crippen molar-refractivity contribution in [3.63, 3.8) is 0 Å². The van der Waals surface area contributed by atoms with Gasteiger partial charge in [-0.1, -0.05) is 23.7 Å². The maximum atomic E-state index is 13.6. The zero-order chi connectivity index (χ0) is 26.1. The summed E-state index contributed by atoms with van der Waals surface area (Å²) in [6.07, 6.45) is 1.21. The minimum Gasteiger partial charge on any atom is -0.457 e. The van der Waals surface area contributed by atoms with E-state index in [-0.39, 0.29) is 18.2 Å². The van der Waals surface area contributed by atoms with Crippen molar-refractivity contribution in [2.45, 2.75) is 12.0 Å². The number of piperidine rings is 1. The average Bonchev–Trinajstić information content (AvgIpc) is 3.38. The number of aromatic nitrogens is 2. The van der Waals surface area contributed by atoms with Crippen molar-refractivity contribution in [1.82, 2.24) is 20.0 Å². The number of hydrogen-bond acceptors (Lipinski definition) is 8. The van der Waals surface area contributed by atoms with Crippen LogP contribution in [0.3, 0.4) is 0 Å². The van der Waals surface area contributed by atoms with E-state index < -0.39 is 12.0 Å². The lowest BCUT2D eigenvalue weighted by molar-refractivity contribution is -0.123. The van der Waals surface area contributed by atoms with Gasteiger partial charge in [-0.2, -0.15) is 5.10 Å². The van der Waals surface area contributed by atoms with E-state index in [1.54, 1.807) is 18.3 Å². The summed E-state index contributed by atoms with van der Waals surface area (Å²) >= 11 is 6.01. The number of halogens is 1. The molecule has 3 unspecified atom stereocenters. The Morgan fingerprint density at radius 1 is 1.05 bits per heavy atom. The number of aliphatic hydroxyl groups excluding tert-OH is 1. The highest BCUT2D eigenvalue weighted by Crippen LogP contribution is 2.44. The molecule has 3 aliphatic heterocycles. The lowest BCUT2D eigenvalue weighted by Gasteiger charge is -2.39. The molecule has 10 heteroatoms. The third-order valence-electron chi connectivity index (χ3n) is 7.35. The largest absolute Gasteiger partial charge is 0.457 e. The fourth-order valence-corrected chi connectivity index (χ4v) is 5.77. The summed E-state index contributed by atoms with van der Waals surface area (Å²) in [7, 11) is 0. The Labute approximate surface area is 226 Å². The van der Waals surface area contributed by atoms with Crippen LogP contribution in [0.1, 0.15) is 17.0 Å². The quantitative estimate of drug-likeness (QED) is 0.478. The number of carbonyl (C=O) groups is 1. The van der Waals surface area contributed by atoms with E-state index in [0.29, 0.717) is 55.2 Å². The van der Waals surface area contributed by atoms with Gasteiger partial charge in [-0.3, -0.25) is 19.7 Å². The molecule has 198 valence electrons. The molecule has 4 heterocycles. The summed E-state index contributed by atoms with van der Waals surface area (Å²) in [5, 5.41) is 18.6. The summed E-state index contributed by atoms with van der Waals surface area (Å²) < 4.78 is 11.5. The Bertz CT molecular complexity index is 1320. The molecule has 6 rings (SSSR count). The monoisotopic (exact) mass is 535 g/mol. The fraction of sp³-hybridized carbons (Fsp3) is 0.393. The molecule has 0 saturated carbocycles. The van der Waals surface area contributed by atoms with E-state index in [2.05, 4.69) is 15.1 Å². The number of morpholine rings is 1. The van der Waals surface area contributed by atoms with Crippen molar-refractivity contribution in [1.29, 1.82) is 0 Å². The van der Waals surface area contributed by atoms with Crippen molar-refractivity contribution >= 4 is 28.9 Å². The van der Waals surface area contributed by atoms with Gasteiger partial charge in [0.05, 0.1) is 38.0 Å². The number of Topliss-reactive ketones (excluding diaryl/α,β-unsaturated/α-hetero) is 1. The summed E-state index contributed by atoms with van der Waals surface area (Å²) in [4.78, 5) is 22.6. The number of nitrogens with one attached hydrogen (secondary N) is 1. The molecule has 3 atom stereocenters. The number of hydrogen-bond donors (Lipinski definition) is 2. The predicted molar refractivity (Wildman–Crippen MR) is 144 cm³/mol. The standard InChI is InChI=1S/C28H30ClN5O4/c29-19-4-6-21(7-5-19)38-22-3-1-2-18(12-22)26-23-13-30-32-28(23)31-24-16-34(17-25(36)27(24)26)15-20(35)14-33-8-10-37-11-9-33/h1-7,12-13,20,26-27,35H,8-11,14-17H2,(H,30,32). The van der Waals surface area contributed by atoms with Gasteiger partial charge in [-0.05, 0) is 42.0 Å². The Hall–Kier alpha value is -3.08. The van der Waals surface area contributed by atoms with Crippen molar-refractivity contribution in [3.8, 4) is 11.5 Å². The van der Waals surface area contributed by atoms with Crippen LogP contribution in [0.15, 0.2) is 59.7 Å². The van der Waals surface area contributed by atoms with Crippen molar-refractivity contribution in [2.24, 2.45) is 10.9 Å². The number of aliphatic hydroxyl groups is 1. The van der Waals surface area contributed by atoms with Crippen LogP contribution in [0.25, 0.3) is 0 Å². The van der Waals surface area contributed by atoms with Crippen LogP contribution in [0.2, 0.25) is 5.02 Å². The number of fused-ring (bicyclic) bond motifs is 2. The number of H-pyrrole nitrogens is 1. The van der Waals surface area contributed by atoms with Crippen LogP contribution in [0.4, 0.5) is 5.82 Å². The Balaban J connectivity index is 1.21. The minimum absolute atomic E-state index is 0.0921.